The van der Waals surface area contributed by atoms with Crippen LogP contribution in [0.15, 0.2) is 180 Å². The fraction of sp³-hybridized carbons (Fsp3) is 0. The van der Waals surface area contributed by atoms with Gasteiger partial charge in [-0.3, -0.25) is 0 Å². The van der Waals surface area contributed by atoms with E-state index in [9.17, 15) is 0 Å². The average molecular weight is 664 g/mol. The smallest absolute Gasteiger partial charge is 0.161 e. The molecule has 0 radical (unpaired) electrons. The molecule has 0 aliphatic heterocycles. The first-order valence-electron chi connectivity index (χ1n) is 17.6. The maximum Gasteiger partial charge on any atom is 0.161 e. The summed E-state index contributed by atoms with van der Waals surface area (Å²) in [6, 6.07) is 61.8. The van der Waals surface area contributed by atoms with Crippen molar-refractivity contribution in [1.29, 1.82) is 0 Å². The molecule has 242 valence electrons. The molecule has 0 saturated heterocycles. The summed E-state index contributed by atoms with van der Waals surface area (Å²) in [5.74, 6) is 0.653. The van der Waals surface area contributed by atoms with Crippen LogP contribution in [0.4, 0.5) is 0 Å². The molecule has 0 bridgehead atoms. The van der Waals surface area contributed by atoms with Crippen molar-refractivity contribution in [2.24, 2.45) is 0 Å². The van der Waals surface area contributed by atoms with Gasteiger partial charge in [0.25, 0.3) is 0 Å². The maximum atomic E-state index is 6.89. The highest BCUT2D eigenvalue weighted by Crippen LogP contribution is 2.44. The molecule has 4 heteroatoms. The molecule has 0 fully saturated rings. The molecule has 0 amide bonds. The predicted molar refractivity (Wildman–Crippen MR) is 215 cm³/mol. The number of aromatic nitrogens is 3. The van der Waals surface area contributed by atoms with Crippen molar-refractivity contribution >= 4 is 65.3 Å². The van der Waals surface area contributed by atoms with E-state index >= 15 is 0 Å². The van der Waals surface area contributed by atoms with E-state index in [0.29, 0.717) is 5.82 Å². The summed E-state index contributed by atoms with van der Waals surface area (Å²) >= 11 is 0. The number of benzene rings is 8. The molecule has 0 aliphatic rings. The molecule has 0 atom stereocenters. The molecule has 8 aromatic carbocycles. The zero-order valence-corrected chi connectivity index (χ0v) is 28.0. The summed E-state index contributed by atoms with van der Waals surface area (Å²) in [5, 5.41) is 9.16. The number of hydrogen-bond acceptors (Lipinski definition) is 3. The summed E-state index contributed by atoms with van der Waals surface area (Å²) in [6.07, 6.45) is 0. The van der Waals surface area contributed by atoms with Crippen molar-refractivity contribution in [3.8, 4) is 39.6 Å². The molecule has 0 spiro atoms. The minimum Gasteiger partial charge on any atom is -0.454 e. The van der Waals surface area contributed by atoms with Crippen molar-refractivity contribution in [3.63, 3.8) is 0 Å². The number of nitrogens with zero attached hydrogens (tertiary/aromatic N) is 3. The van der Waals surface area contributed by atoms with E-state index in [1.165, 1.54) is 26.9 Å². The van der Waals surface area contributed by atoms with Crippen LogP contribution in [0.2, 0.25) is 0 Å². The molecule has 52 heavy (non-hydrogen) atoms. The second-order valence-electron chi connectivity index (χ2n) is 13.3. The first-order valence-corrected chi connectivity index (χ1v) is 17.6. The molecule has 0 N–H and O–H groups in total. The SMILES string of the molecule is c1ccc(-c2cc(-c3cccc4ccccc34)nc(-c3ccc(-n4c5ccccc5c5ccc6ccccc6c54)c4oc5ccccc5c34)n2)cc1. The molecule has 0 saturated carbocycles. The van der Waals surface area contributed by atoms with Gasteiger partial charge < -0.3 is 8.98 Å². The van der Waals surface area contributed by atoms with E-state index in [4.69, 9.17) is 14.4 Å². The second kappa shape index (κ2) is 11.2. The van der Waals surface area contributed by atoms with Crippen molar-refractivity contribution in [2.45, 2.75) is 0 Å². The number of furan rings is 1. The van der Waals surface area contributed by atoms with Crippen LogP contribution >= 0.6 is 0 Å². The summed E-state index contributed by atoms with van der Waals surface area (Å²) in [4.78, 5) is 10.6. The molecule has 3 aromatic heterocycles. The zero-order chi connectivity index (χ0) is 34.2. The zero-order valence-electron chi connectivity index (χ0n) is 28.0. The maximum absolute atomic E-state index is 6.89. The van der Waals surface area contributed by atoms with Crippen molar-refractivity contribution in [1.82, 2.24) is 14.5 Å². The van der Waals surface area contributed by atoms with Gasteiger partial charge in [0, 0.05) is 43.6 Å². The normalized spacial score (nSPS) is 11.8. The molecular weight excluding hydrogens is 635 g/mol. The lowest BCUT2D eigenvalue weighted by Crippen LogP contribution is -1.99. The number of hydrogen-bond donors (Lipinski definition) is 0. The third-order valence-corrected chi connectivity index (χ3v) is 10.4. The number of fused-ring (bicyclic) bond motifs is 9. The highest BCUT2D eigenvalue weighted by Gasteiger charge is 2.23. The fourth-order valence-corrected chi connectivity index (χ4v) is 8.07. The monoisotopic (exact) mass is 663 g/mol. The first kappa shape index (κ1) is 28.8. The number of para-hydroxylation sites is 2. The Morgan fingerprint density at radius 3 is 1.98 bits per heavy atom. The predicted octanol–water partition coefficient (Wildman–Crippen LogP) is 12.8. The standard InChI is InChI=1S/C48H29N3O/c1-2-15-32(16-3-1)40-29-41(35-22-12-17-30-13-4-6-18-33(30)35)50-48(49-40)39-27-28-43(47-45(39)38-21-9-11-24-44(38)52-47)51-42-23-10-8-20-36(42)37-26-25-31-14-5-7-19-34(31)46(37)51/h1-29H. The minimum absolute atomic E-state index is 0.653. The third kappa shape index (κ3) is 4.28. The lowest BCUT2D eigenvalue weighted by Gasteiger charge is -2.14. The summed E-state index contributed by atoms with van der Waals surface area (Å²) in [5.41, 5.74) is 9.67. The van der Waals surface area contributed by atoms with Crippen LogP contribution in [-0.2, 0) is 0 Å². The molecule has 11 rings (SSSR count). The molecule has 3 heterocycles. The van der Waals surface area contributed by atoms with Gasteiger partial charge in [-0.25, -0.2) is 9.97 Å². The Balaban J connectivity index is 1.24. The van der Waals surface area contributed by atoms with Crippen LogP contribution in [0.5, 0.6) is 0 Å². The Morgan fingerprint density at radius 2 is 1.12 bits per heavy atom. The molecule has 11 aromatic rings. The Kier molecular flexibility index (Phi) is 6.22. The Hall–Kier alpha value is -7.04. The first-order chi connectivity index (χ1) is 25.8. The van der Waals surface area contributed by atoms with E-state index in [0.717, 1.165) is 72.1 Å². The highest BCUT2D eigenvalue weighted by molar-refractivity contribution is 6.21. The summed E-state index contributed by atoms with van der Waals surface area (Å²) in [6.45, 7) is 0. The lowest BCUT2D eigenvalue weighted by molar-refractivity contribution is 0.666. The Labute approximate surface area is 298 Å². The van der Waals surface area contributed by atoms with Crippen LogP contribution < -0.4 is 0 Å². The van der Waals surface area contributed by atoms with Crippen LogP contribution in [-0.4, -0.2) is 14.5 Å². The molecule has 0 unspecified atom stereocenters. The van der Waals surface area contributed by atoms with Crippen LogP contribution in [0, 0.1) is 0 Å². The van der Waals surface area contributed by atoms with E-state index in [1.807, 2.05) is 18.2 Å². The van der Waals surface area contributed by atoms with Gasteiger partial charge >= 0.3 is 0 Å². The topological polar surface area (TPSA) is 43.9 Å². The molecule has 4 nitrogen and oxygen atoms in total. The van der Waals surface area contributed by atoms with Crippen molar-refractivity contribution in [3.05, 3.63) is 176 Å². The quantitative estimate of drug-likeness (QED) is 0.188. The van der Waals surface area contributed by atoms with Gasteiger partial charge in [0.1, 0.15) is 5.58 Å². The van der Waals surface area contributed by atoms with Gasteiger partial charge in [0.15, 0.2) is 11.4 Å². The van der Waals surface area contributed by atoms with Gasteiger partial charge in [-0.15, -0.1) is 0 Å². The van der Waals surface area contributed by atoms with Gasteiger partial charge in [-0.1, -0.05) is 146 Å². The van der Waals surface area contributed by atoms with Crippen LogP contribution in [0.3, 0.4) is 0 Å². The Morgan fingerprint density at radius 1 is 0.442 bits per heavy atom. The number of rotatable bonds is 4. The van der Waals surface area contributed by atoms with E-state index in [2.05, 4.69) is 162 Å². The van der Waals surface area contributed by atoms with E-state index in [-0.39, 0.29) is 0 Å². The van der Waals surface area contributed by atoms with E-state index in [1.54, 1.807) is 0 Å². The second-order valence-corrected chi connectivity index (χ2v) is 13.3. The average Bonchev–Trinajstić information content (AvgIpc) is 3.77. The fourth-order valence-electron chi connectivity index (χ4n) is 8.07. The third-order valence-electron chi connectivity index (χ3n) is 10.4. The lowest BCUT2D eigenvalue weighted by atomic mass is 9.99. The summed E-state index contributed by atoms with van der Waals surface area (Å²) in [7, 11) is 0. The van der Waals surface area contributed by atoms with Gasteiger partial charge in [-0.05, 0) is 46.5 Å². The van der Waals surface area contributed by atoms with Crippen molar-refractivity contribution < 1.29 is 4.42 Å². The Bertz CT molecular complexity index is 3180. The van der Waals surface area contributed by atoms with Crippen LogP contribution in [0.25, 0.3) is 105 Å². The minimum atomic E-state index is 0.653. The van der Waals surface area contributed by atoms with E-state index < -0.39 is 0 Å². The van der Waals surface area contributed by atoms with Gasteiger partial charge in [-0.2, -0.15) is 0 Å². The van der Waals surface area contributed by atoms with Gasteiger partial charge in [0.05, 0.1) is 28.1 Å². The summed E-state index contributed by atoms with van der Waals surface area (Å²) < 4.78 is 9.27. The largest absolute Gasteiger partial charge is 0.454 e. The van der Waals surface area contributed by atoms with Crippen LogP contribution in [0.1, 0.15) is 0 Å². The molecular formula is C48H29N3O. The van der Waals surface area contributed by atoms with Crippen molar-refractivity contribution in [2.75, 3.05) is 0 Å². The molecule has 0 aliphatic carbocycles. The van der Waals surface area contributed by atoms with Gasteiger partial charge in [0.2, 0.25) is 0 Å². The highest BCUT2D eigenvalue weighted by atomic mass is 16.3.